The van der Waals surface area contributed by atoms with E-state index >= 15 is 0 Å². The lowest BCUT2D eigenvalue weighted by Gasteiger charge is -2.38. The highest BCUT2D eigenvalue weighted by atomic mass is 32.2. The summed E-state index contributed by atoms with van der Waals surface area (Å²) < 4.78 is 51.7. The van der Waals surface area contributed by atoms with Crippen LogP contribution in [-0.4, -0.2) is 24.7 Å². The summed E-state index contributed by atoms with van der Waals surface area (Å²) in [6, 6.07) is 3.52. The van der Waals surface area contributed by atoms with E-state index < -0.39 is 37.9 Å². The molecule has 6 heteroatoms. The maximum atomic E-state index is 13.6. The standard InChI is InChI=1S/C16H18F2O3S/c17-14-5-2-6-15(18)13(14)9-16(19)10-7-11-3-1-4-12(8-10)22(11,20)21/h2,5-6,10-12H,1,3-4,7-9H2. The van der Waals surface area contributed by atoms with Gasteiger partial charge in [-0.25, -0.2) is 17.2 Å². The fourth-order valence-corrected chi connectivity index (χ4v) is 6.23. The highest BCUT2D eigenvalue weighted by molar-refractivity contribution is 7.92. The van der Waals surface area contributed by atoms with Crippen molar-refractivity contribution in [2.75, 3.05) is 0 Å². The smallest absolute Gasteiger partial charge is 0.156 e. The maximum absolute atomic E-state index is 13.6. The third-order valence-electron chi connectivity index (χ3n) is 4.94. The van der Waals surface area contributed by atoms with Crippen LogP contribution in [0.4, 0.5) is 8.78 Å². The van der Waals surface area contributed by atoms with Crippen LogP contribution in [0.5, 0.6) is 0 Å². The van der Waals surface area contributed by atoms with Crippen LogP contribution in [0.2, 0.25) is 0 Å². The van der Waals surface area contributed by atoms with E-state index in [1.807, 2.05) is 0 Å². The van der Waals surface area contributed by atoms with Crippen molar-refractivity contribution in [2.24, 2.45) is 5.92 Å². The molecule has 0 aliphatic carbocycles. The van der Waals surface area contributed by atoms with Gasteiger partial charge in [-0.05, 0) is 37.8 Å². The quantitative estimate of drug-likeness (QED) is 0.857. The molecule has 2 heterocycles. The fourth-order valence-electron chi connectivity index (χ4n) is 3.69. The lowest BCUT2D eigenvalue weighted by Crippen LogP contribution is -2.45. The van der Waals surface area contributed by atoms with E-state index in [4.69, 9.17) is 0 Å². The van der Waals surface area contributed by atoms with E-state index in [-0.39, 0.29) is 17.8 Å². The van der Waals surface area contributed by atoms with Gasteiger partial charge < -0.3 is 0 Å². The summed E-state index contributed by atoms with van der Waals surface area (Å²) in [4.78, 5) is 12.4. The first kappa shape index (κ1) is 15.6. The van der Waals surface area contributed by atoms with Crippen LogP contribution in [0.25, 0.3) is 0 Å². The summed E-state index contributed by atoms with van der Waals surface area (Å²) in [5.41, 5.74) is -0.217. The Morgan fingerprint density at radius 1 is 1.09 bits per heavy atom. The Hall–Kier alpha value is -1.30. The first-order valence-corrected chi connectivity index (χ1v) is 9.19. The van der Waals surface area contributed by atoms with E-state index in [0.717, 1.165) is 18.6 Å². The Morgan fingerprint density at radius 3 is 2.18 bits per heavy atom. The molecule has 0 aromatic heterocycles. The van der Waals surface area contributed by atoms with Crippen LogP contribution < -0.4 is 0 Å². The molecule has 0 radical (unpaired) electrons. The maximum Gasteiger partial charge on any atom is 0.156 e. The van der Waals surface area contributed by atoms with Gasteiger partial charge in [0.15, 0.2) is 9.84 Å². The van der Waals surface area contributed by atoms with Gasteiger partial charge in [0.25, 0.3) is 0 Å². The molecule has 2 aliphatic heterocycles. The third-order valence-corrected chi connectivity index (χ3v) is 7.66. The van der Waals surface area contributed by atoms with Crippen LogP contribution >= 0.6 is 0 Å². The molecule has 0 N–H and O–H groups in total. The molecule has 2 unspecified atom stereocenters. The molecule has 120 valence electrons. The molecule has 2 bridgehead atoms. The first-order chi connectivity index (χ1) is 10.4. The fraction of sp³-hybridized carbons (Fsp3) is 0.562. The summed E-state index contributed by atoms with van der Waals surface area (Å²) >= 11 is 0. The van der Waals surface area contributed by atoms with Gasteiger partial charge in [-0.15, -0.1) is 0 Å². The van der Waals surface area contributed by atoms with Crippen molar-refractivity contribution in [2.45, 2.75) is 49.0 Å². The predicted molar refractivity (Wildman–Crippen MR) is 78.1 cm³/mol. The Kier molecular flexibility index (Phi) is 4.05. The van der Waals surface area contributed by atoms with Crippen molar-refractivity contribution < 1.29 is 22.0 Å². The summed E-state index contributed by atoms with van der Waals surface area (Å²) in [7, 11) is -3.12. The van der Waals surface area contributed by atoms with Crippen LogP contribution in [-0.2, 0) is 21.1 Å². The van der Waals surface area contributed by atoms with E-state index in [1.165, 1.54) is 6.07 Å². The van der Waals surface area contributed by atoms with Crippen molar-refractivity contribution in [3.05, 3.63) is 35.4 Å². The molecule has 3 rings (SSSR count). The zero-order valence-corrected chi connectivity index (χ0v) is 12.9. The van der Waals surface area contributed by atoms with Gasteiger partial charge in [0.2, 0.25) is 0 Å². The van der Waals surface area contributed by atoms with Gasteiger partial charge in [-0.2, -0.15) is 0 Å². The van der Waals surface area contributed by atoms with Gasteiger partial charge in [-0.3, -0.25) is 4.79 Å². The Morgan fingerprint density at radius 2 is 1.64 bits per heavy atom. The number of hydrogen-bond acceptors (Lipinski definition) is 3. The summed E-state index contributed by atoms with van der Waals surface area (Å²) in [5.74, 6) is -2.11. The average Bonchev–Trinajstić information content (AvgIpc) is 2.41. The largest absolute Gasteiger partial charge is 0.299 e. The molecule has 1 aromatic carbocycles. The number of halogens is 2. The van der Waals surface area contributed by atoms with Gasteiger partial charge in [0.1, 0.15) is 17.4 Å². The Labute approximate surface area is 128 Å². The number of carbonyl (C=O) groups is 1. The molecule has 1 aromatic rings. The van der Waals surface area contributed by atoms with Gasteiger partial charge in [-0.1, -0.05) is 12.5 Å². The number of Topliss-reactive ketones (excluding diaryl/α,β-unsaturated/α-hetero) is 1. The molecule has 2 aliphatic rings. The number of ketones is 1. The number of rotatable bonds is 3. The number of carbonyl (C=O) groups excluding carboxylic acids is 1. The summed E-state index contributed by atoms with van der Waals surface area (Å²) in [6.45, 7) is 0. The summed E-state index contributed by atoms with van der Waals surface area (Å²) in [6.07, 6.45) is 2.36. The topological polar surface area (TPSA) is 51.2 Å². The highest BCUT2D eigenvalue weighted by Gasteiger charge is 2.45. The van der Waals surface area contributed by atoms with Crippen LogP contribution in [0.3, 0.4) is 0 Å². The molecule has 3 nitrogen and oxygen atoms in total. The lowest BCUT2D eigenvalue weighted by molar-refractivity contribution is -0.123. The van der Waals surface area contributed by atoms with Crippen LogP contribution in [0.1, 0.15) is 37.7 Å². The minimum Gasteiger partial charge on any atom is -0.299 e. The second kappa shape index (κ2) is 5.72. The molecule has 0 amide bonds. The molecule has 2 fully saturated rings. The predicted octanol–water partition coefficient (Wildman–Crippen LogP) is 2.82. The van der Waals surface area contributed by atoms with Crippen molar-refractivity contribution in [1.29, 1.82) is 0 Å². The van der Waals surface area contributed by atoms with Crippen molar-refractivity contribution in [1.82, 2.24) is 0 Å². The molecule has 2 atom stereocenters. The van der Waals surface area contributed by atoms with E-state index in [0.29, 0.717) is 25.7 Å². The molecular weight excluding hydrogens is 310 g/mol. The van der Waals surface area contributed by atoms with Crippen molar-refractivity contribution in [3.63, 3.8) is 0 Å². The zero-order chi connectivity index (χ0) is 15.9. The van der Waals surface area contributed by atoms with Gasteiger partial charge >= 0.3 is 0 Å². The number of benzene rings is 1. The van der Waals surface area contributed by atoms with Crippen LogP contribution in [0.15, 0.2) is 18.2 Å². The van der Waals surface area contributed by atoms with Crippen molar-refractivity contribution in [3.8, 4) is 0 Å². The SMILES string of the molecule is O=C(Cc1c(F)cccc1F)C1CC2CCCC(C1)S2(=O)=O. The number of fused-ring (bicyclic) bond motifs is 2. The lowest BCUT2D eigenvalue weighted by atomic mass is 9.84. The average molecular weight is 328 g/mol. The highest BCUT2D eigenvalue weighted by Crippen LogP contribution is 2.40. The Balaban J connectivity index is 1.77. The summed E-state index contributed by atoms with van der Waals surface area (Å²) in [5, 5.41) is -0.918. The molecule has 0 spiro atoms. The van der Waals surface area contributed by atoms with Crippen molar-refractivity contribution >= 4 is 15.6 Å². The minimum atomic E-state index is -3.12. The molecular formula is C16H18F2O3S. The zero-order valence-electron chi connectivity index (χ0n) is 12.1. The molecule has 0 saturated carbocycles. The second-order valence-corrected chi connectivity index (χ2v) is 8.79. The van der Waals surface area contributed by atoms with Crippen LogP contribution in [0, 0.1) is 17.6 Å². The third kappa shape index (κ3) is 2.69. The minimum absolute atomic E-state index is 0.217. The second-order valence-electron chi connectivity index (χ2n) is 6.28. The monoisotopic (exact) mass is 328 g/mol. The van der Waals surface area contributed by atoms with Gasteiger partial charge in [0, 0.05) is 17.9 Å². The normalized spacial score (nSPS) is 30.0. The Bertz CT molecular complexity index is 659. The van der Waals surface area contributed by atoms with E-state index in [9.17, 15) is 22.0 Å². The van der Waals surface area contributed by atoms with E-state index in [2.05, 4.69) is 0 Å². The number of hydrogen-bond donors (Lipinski definition) is 0. The first-order valence-electron chi connectivity index (χ1n) is 7.58. The van der Waals surface area contributed by atoms with Gasteiger partial charge in [0.05, 0.1) is 10.5 Å². The van der Waals surface area contributed by atoms with E-state index in [1.54, 1.807) is 0 Å². The number of sulfone groups is 1. The molecule has 22 heavy (non-hydrogen) atoms. The molecule has 2 saturated heterocycles.